The third-order valence-corrected chi connectivity index (χ3v) is 6.17. The van der Waals surface area contributed by atoms with E-state index in [0.29, 0.717) is 22.5 Å². The van der Waals surface area contributed by atoms with Crippen molar-refractivity contribution in [3.05, 3.63) is 77.4 Å². The average molecular weight is 489 g/mol. The van der Waals surface area contributed by atoms with Gasteiger partial charge in [-0.15, -0.1) is 0 Å². The molecule has 36 heavy (non-hydrogen) atoms. The molecule has 4 aromatic rings. The van der Waals surface area contributed by atoms with Crippen molar-refractivity contribution in [1.82, 2.24) is 24.8 Å². The number of nitrogens with two attached hydrogens (primary N) is 1. The minimum atomic E-state index is -0.581. The van der Waals surface area contributed by atoms with E-state index in [1.807, 2.05) is 12.1 Å². The Balaban J connectivity index is 1.14. The maximum absolute atomic E-state index is 13.0. The maximum Gasteiger partial charge on any atom is 0.257 e. The van der Waals surface area contributed by atoms with Crippen molar-refractivity contribution in [3.63, 3.8) is 0 Å². The molecule has 184 valence electrons. The molecule has 11 heteroatoms. The Kier molecular flexibility index (Phi) is 6.54. The lowest BCUT2D eigenvalue weighted by Crippen LogP contribution is -2.39. The second-order valence-corrected chi connectivity index (χ2v) is 8.72. The summed E-state index contributed by atoms with van der Waals surface area (Å²) >= 11 is 0. The third kappa shape index (κ3) is 5.31. The van der Waals surface area contributed by atoms with Crippen LogP contribution in [0.2, 0.25) is 0 Å². The van der Waals surface area contributed by atoms with Crippen LogP contribution < -0.4 is 16.4 Å². The summed E-state index contributed by atoms with van der Waals surface area (Å²) < 4.78 is 13.0. The van der Waals surface area contributed by atoms with E-state index in [2.05, 4.69) is 35.5 Å². The zero-order valence-corrected chi connectivity index (χ0v) is 19.4. The Morgan fingerprint density at radius 1 is 1.08 bits per heavy atom. The number of hydrogen-bond donors (Lipinski definition) is 4. The molecule has 0 radical (unpaired) electrons. The van der Waals surface area contributed by atoms with Gasteiger partial charge < -0.3 is 16.0 Å². The molecule has 0 atom stereocenters. The Morgan fingerprint density at radius 3 is 2.50 bits per heavy atom. The van der Waals surface area contributed by atoms with Gasteiger partial charge in [0, 0.05) is 31.2 Å². The molecule has 2 aromatic heterocycles. The monoisotopic (exact) mass is 488 g/mol. The molecule has 1 aliphatic heterocycles. The number of nitrogens with one attached hydrogen (secondary N) is 3. The normalized spacial score (nSPS) is 14.6. The highest BCUT2D eigenvalue weighted by atomic mass is 19.1. The molecule has 0 bridgehead atoms. The quantitative estimate of drug-likeness (QED) is 0.313. The molecule has 2 aromatic carbocycles. The number of aromatic amines is 1. The summed E-state index contributed by atoms with van der Waals surface area (Å²) in [5.74, 6) is -0.652. The van der Waals surface area contributed by atoms with E-state index < -0.39 is 11.7 Å². The first-order valence-corrected chi connectivity index (χ1v) is 11.6. The summed E-state index contributed by atoms with van der Waals surface area (Å²) in [6.45, 7) is 2.59. The number of hydrogen-bond acceptors (Lipinski definition) is 7. The molecule has 1 aliphatic rings. The van der Waals surface area contributed by atoms with Crippen LogP contribution in [0.5, 0.6) is 0 Å². The fraction of sp³-hybridized carbons (Fsp3) is 0.240. The maximum atomic E-state index is 13.0. The molecule has 0 aliphatic carbocycles. The van der Waals surface area contributed by atoms with Crippen molar-refractivity contribution in [1.29, 1.82) is 0 Å². The van der Waals surface area contributed by atoms with Crippen molar-refractivity contribution >= 4 is 34.7 Å². The number of carbonyl (C=O) groups excluding carboxylic acids is 2. The first-order valence-electron chi connectivity index (χ1n) is 11.6. The third-order valence-electron chi connectivity index (χ3n) is 6.17. The van der Waals surface area contributed by atoms with E-state index in [1.54, 1.807) is 30.3 Å². The number of likely N-dealkylation sites (tertiary alicyclic amines) is 1. The molecule has 2 amide bonds. The van der Waals surface area contributed by atoms with Gasteiger partial charge in [-0.3, -0.25) is 19.8 Å². The molecule has 0 unspecified atom stereocenters. The minimum absolute atomic E-state index is 0.245. The summed E-state index contributed by atoms with van der Waals surface area (Å²) in [5, 5.41) is 6.00. The minimum Gasteiger partial charge on any atom is -0.366 e. The average Bonchev–Trinajstić information content (AvgIpc) is 3.29. The summed E-state index contributed by atoms with van der Waals surface area (Å²) in [6.07, 6.45) is 4.17. The number of carbonyl (C=O) groups is 2. The second-order valence-electron chi connectivity index (χ2n) is 8.72. The number of anilines is 2. The van der Waals surface area contributed by atoms with Crippen LogP contribution in [0.25, 0.3) is 11.0 Å². The SMILES string of the molecule is NC(=O)c1cccc2[nH]c(NC(=O)c3ccc(CN4CCC(Nc5ncc(F)cn5)CC4)cc3)nc12. The molecule has 1 saturated heterocycles. The number of piperidine rings is 1. The standard InChI is InChI=1S/C25H25FN8O2/c26-17-12-28-24(29-13-17)30-18-8-10-34(11-9-18)14-15-4-6-16(7-5-15)23(36)33-25-31-20-3-1-2-19(22(27)35)21(20)32-25/h1-7,12-13,18H,8-11,14H2,(H2,27,35)(H,28,29,30)(H2,31,32,33,36). The smallest absolute Gasteiger partial charge is 0.257 e. The first kappa shape index (κ1) is 23.4. The van der Waals surface area contributed by atoms with E-state index in [9.17, 15) is 14.0 Å². The van der Waals surface area contributed by atoms with E-state index in [4.69, 9.17) is 5.73 Å². The van der Waals surface area contributed by atoms with E-state index >= 15 is 0 Å². The summed E-state index contributed by atoms with van der Waals surface area (Å²) in [4.78, 5) is 41.9. The van der Waals surface area contributed by atoms with Gasteiger partial charge in [0.15, 0.2) is 5.82 Å². The van der Waals surface area contributed by atoms with E-state index in [-0.39, 0.29) is 23.5 Å². The van der Waals surface area contributed by atoms with Gasteiger partial charge in [0.1, 0.15) is 5.52 Å². The van der Waals surface area contributed by atoms with Crippen LogP contribution >= 0.6 is 0 Å². The lowest BCUT2D eigenvalue weighted by molar-refractivity contribution is 0.0999. The fourth-order valence-electron chi connectivity index (χ4n) is 4.29. The highest BCUT2D eigenvalue weighted by Gasteiger charge is 2.20. The van der Waals surface area contributed by atoms with Crippen molar-refractivity contribution < 1.29 is 14.0 Å². The van der Waals surface area contributed by atoms with Crippen LogP contribution in [0.4, 0.5) is 16.3 Å². The van der Waals surface area contributed by atoms with E-state index in [0.717, 1.165) is 50.4 Å². The molecule has 10 nitrogen and oxygen atoms in total. The van der Waals surface area contributed by atoms with Crippen LogP contribution in [0.15, 0.2) is 54.9 Å². The van der Waals surface area contributed by atoms with Crippen LogP contribution in [0, 0.1) is 5.82 Å². The summed E-state index contributed by atoms with van der Waals surface area (Å²) in [6, 6.07) is 12.7. The molecule has 0 spiro atoms. The first-order chi connectivity index (χ1) is 17.4. The zero-order chi connectivity index (χ0) is 25.1. The molecule has 1 fully saturated rings. The van der Waals surface area contributed by atoms with Gasteiger partial charge in [0.2, 0.25) is 11.9 Å². The highest BCUT2D eigenvalue weighted by Crippen LogP contribution is 2.20. The highest BCUT2D eigenvalue weighted by molar-refractivity contribution is 6.06. The number of H-pyrrole nitrogens is 1. The second kappa shape index (κ2) is 10.1. The number of benzene rings is 2. The van der Waals surface area contributed by atoms with Gasteiger partial charge in [0.25, 0.3) is 11.8 Å². The number of nitrogens with zero attached hydrogens (tertiary/aromatic N) is 4. The van der Waals surface area contributed by atoms with Crippen molar-refractivity contribution in [2.24, 2.45) is 5.73 Å². The lowest BCUT2D eigenvalue weighted by Gasteiger charge is -2.32. The Morgan fingerprint density at radius 2 is 1.81 bits per heavy atom. The summed E-state index contributed by atoms with van der Waals surface area (Å²) in [5.41, 5.74) is 8.32. The molecule has 5 N–H and O–H groups in total. The van der Waals surface area contributed by atoms with Gasteiger partial charge in [-0.1, -0.05) is 18.2 Å². The number of aromatic nitrogens is 4. The van der Waals surface area contributed by atoms with Gasteiger partial charge in [-0.25, -0.2) is 19.3 Å². The lowest BCUT2D eigenvalue weighted by atomic mass is 10.0. The van der Waals surface area contributed by atoms with Crippen molar-refractivity contribution in [2.45, 2.75) is 25.4 Å². The Labute approximate surface area is 206 Å². The van der Waals surface area contributed by atoms with Gasteiger partial charge in [-0.05, 0) is 42.7 Å². The number of primary amides is 1. The van der Waals surface area contributed by atoms with Gasteiger partial charge >= 0.3 is 0 Å². The Bertz CT molecular complexity index is 1380. The molecular formula is C25H25FN8O2. The van der Waals surface area contributed by atoms with Crippen LogP contribution in [-0.2, 0) is 6.54 Å². The number of fused-ring (bicyclic) bond motifs is 1. The largest absolute Gasteiger partial charge is 0.366 e. The number of rotatable bonds is 7. The van der Waals surface area contributed by atoms with Gasteiger partial charge in [-0.2, -0.15) is 0 Å². The van der Waals surface area contributed by atoms with E-state index in [1.165, 1.54) is 0 Å². The van der Waals surface area contributed by atoms with Crippen LogP contribution in [-0.4, -0.2) is 55.8 Å². The zero-order valence-electron chi connectivity index (χ0n) is 19.4. The number of imidazole rings is 1. The van der Waals surface area contributed by atoms with Gasteiger partial charge in [0.05, 0.1) is 23.5 Å². The number of para-hydroxylation sites is 1. The van der Waals surface area contributed by atoms with Crippen molar-refractivity contribution in [2.75, 3.05) is 23.7 Å². The molecule has 0 saturated carbocycles. The van der Waals surface area contributed by atoms with Crippen molar-refractivity contribution in [3.8, 4) is 0 Å². The predicted octanol–water partition coefficient (Wildman–Crippen LogP) is 2.92. The van der Waals surface area contributed by atoms with Crippen LogP contribution in [0.1, 0.15) is 39.1 Å². The predicted molar refractivity (Wildman–Crippen MR) is 133 cm³/mol. The number of amides is 2. The topological polar surface area (TPSA) is 142 Å². The Hall–Kier alpha value is -4.38. The molecule has 3 heterocycles. The molecule has 5 rings (SSSR count). The molecular weight excluding hydrogens is 463 g/mol. The summed E-state index contributed by atoms with van der Waals surface area (Å²) in [7, 11) is 0. The number of halogens is 1. The fourth-order valence-corrected chi connectivity index (χ4v) is 4.29. The van der Waals surface area contributed by atoms with Crippen LogP contribution in [0.3, 0.4) is 0 Å².